The van der Waals surface area contributed by atoms with E-state index in [1.165, 1.54) is 11.3 Å². The smallest absolute Gasteiger partial charge is 0.251 e. The second-order valence-corrected chi connectivity index (χ2v) is 4.66. The number of amides is 1. The van der Waals surface area contributed by atoms with Gasteiger partial charge in [-0.3, -0.25) is 4.79 Å². The zero-order valence-corrected chi connectivity index (χ0v) is 9.70. The van der Waals surface area contributed by atoms with E-state index >= 15 is 0 Å². The van der Waals surface area contributed by atoms with Crippen LogP contribution in [0, 0.1) is 0 Å². The second kappa shape index (κ2) is 4.24. The van der Waals surface area contributed by atoms with Crippen LogP contribution < -0.4 is 10.6 Å². The van der Waals surface area contributed by atoms with Gasteiger partial charge in [0, 0.05) is 23.8 Å². The van der Waals surface area contributed by atoms with Gasteiger partial charge in [0.15, 0.2) is 0 Å². The van der Waals surface area contributed by atoms with Crippen molar-refractivity contribution >= 4 is 11.6 Å². The van der Waals surface area contributed by atoms with Crippen molar-refractivity contribution < 1.29 is 4.79 Å². The SMILES string of the molecule is O=C(NC1CC=CC1)c1ccc2c(c1)CCN2. The van der Waals surface area contributed by atoms with Crippen molar-refractivity contribution in [1.29, 1.82) is 0 Å². The number of hydrogen-bond acceptors (Lipinski definition) is 2. The zero-order chi connectivity index (χ0) is 11.7. The molecule has 0 bridgehead atoms. The van der Waals surface area contributed by atoms with Gasteiger partial charge in [0.1, 0.15) is 0 Å². The third-order valence-electron chi connectivity index (χ3n) is 3.42. The maximum Gasteiger partial charge on any atom is 0.251 e. The fourth-order valence-corrected chi connectivity index (χ4v) is 2.45. The lowest BCUT2D eigenvalue weighted by atomic mass is 10.1. The minimum atomic E-state index is 0.0494. The van der Waals surface area contributed by atoms with E-state index in [-0.39, 0.29) is 11.9 Å². The molecule has 2 aliphatic rings. The number of benzene rings is 1. The highest BCUT2D eigenvalue weighted by Crippen LogP contribution is 2.23. The Morgan fingerprint density at radius 3 is 2.94 bits per heavy atom. The molecule has 2 N–H and O–H groups in total. The first-order chi connectivity index (χ1) is 8.33. The van der Waals surface area contributed by atoms with Crippen LogP contribution in [0.15, 0.2) is 30.4 Å². The summed E-state index contributed by atoms with van der Waals surface area (Å²) in [7, 11) is 0. The first kappa shape index (κ1) is 10.4. The number of nitrogens with one attached hydrogen (secondary N) is 2. The molecule has 1 heterocycles. The van der Waals surface area contributed by atoms with Crippen molar-refractivity contribution in [3.63, 3.8) is 0 Å². The Labute approximate surface area is 101 Å². The number of carbonyl (C=O) groups is 1. The van der Waals surface area contributed by atoms with Crippen molar-refractivity contribution in [3.8, 4) is 0 Å². The predicted octanol–water partition coefficient (Wildman–Crippen LogP) is 2.10. The topological polar surface area (TPSA) is 41.1 Å². The molecule has 1 aliphatic carbocycles. The van der Waals surface area contributed by atoms with Crippen LogP contribution in [-0.4, -0.2) is 18.5 Å². The fourth-order valence-electron chi connectivity index (χ4n) is 2.45. The Bertz CT molecular complexity index is 471. The quantitative estimate of drug-likeness (QED) is 0.761. The van der Waals surface area contributed by atoms with Crippen molar-refractivity contribution in [3.05, 3.63) is 41.5 Å². The van der Waals surface area contributed by atoms with E-state index in [9.17, 15) is 4.79 Å². The highest BCUT2D eigenvalue weighted by molar-refractivity contribution is 5.95. The average molecular weight is 228 g/mol. The predicted molar refractivity (Wildman–Crippen MR) is 68.3 cm³/mol. The largest absolute Gasteiger partial charge is 0.384 e. The molecule has 0 atom stereocenters. The van der Waals surface area contributed by atoms with Crippen LogP contribution in [0.4, 0.5) is 5.69 Å². The monoisotopic (exact) mass is 228 g/mol. The molecule has 1 aromatic carbocycles. The molecule has 0 aromatic heterocycles. The van der Waals surface area contributed by atoms with E-state index in [0.717, 1.165) is 31.4 Å². The zero-order valence-electron chi connectivity index (χ0n) is 9.70. The van der Waals surface area contributed by atoms with Crippen LogP contribution >= 0.6 is 0 Å². The number of carbonyl (C=O) groups excluding carboxylic acids is 1. The fraction of sp³-hybridized carbons (Fsp3) is 0.357. The number of hydrogen-bond donors (Lipinski definition) is 2. The summed E-state index contributed by atoms with van der Waals surface area (Å²) in [6, 6.07) is 6.19. The van der Waals surface area contributed by atoms with Gasteiger partial charge in [-0.05, 0) is 43.0 Å². The lowest BCUT2D eigenvalue weighted by Gasteiger charge is -2.12. The molecule has 3 nitrogen and oxygen atoms in total. The summed E-state index contributed by atoms with van der Waals surface area (Å²) in [6.45, 7) is 0.979. The molecule has 1 aromatic rings. The highest BCUT2D eigenvalue weighted by Gasteiger charge is 2.16. The number of fused-ring (bicyclic) bond motifs is 1. The minimum Gasteiger partial charge on any atom is -0.384 e. The Balaban J connectivity index is 1.72. The van der Waals surface area contributed by atoms with Crippen molar-refractivity contribution in [2.45, 2.75) is 25.3 Å². The molecule has 0 unspecified atom stereocenters. The molecule has 0 radical (unpaired) electrons. The van der Waals surface area contributed by atoms with Crippen molar-refractivity contribution in [1.82, 2.24) is 5.32 Å². The number of anilines is 1. The molecule has 0 saturated carbocycles. The van der Waals surface area contributed by atoms with Gasteiger partial charge in [-0.1, -0.05) is 12.2 Å². The van der Waals surface area contributed by atoms with Crippen molar-refractivity contribution in [2.24, 2.45) is 0 Å². The summed E-state index contributed by atoms with van der Waals surface area (Å²) in [4.78, 5) is 12.0. The summed E-state index contributed by atoms with van der Waals surface area (Å²) in [6.07, 6.45) is 7.17. The molecular weight excluding hydrogens is 212 g/mol. The molecule has 1 amide bonds. The third-order valence-corrected chi connectivity index (χ3v) is 3.42. The van der Waals surface area contributed by atoms with E-state index in [1.807, 2.05) is 18.2 Å². The first-order valence-electron chi connectivity index (χ1n) is 6.15. The average Bonchev–Trinajstić information content (AvgIpc) is 2.97. The normalized spacial score (nSPS) is 17.9. The Hall–Kier alpha value is -1.77. The molecule has 1 aliphatic heterocycles. The summed E-state index contributed by atoms with van der Waals surface area (Å²) < 4.78 is 0. The van der Waals surface area contributed by atoms with Crippen LogP contribution in [0.25, 0.3) is 0 Å². The maximum atomic E-state index is 12.0. The highest BCUT2D eigenvalue weighted by atomic mass is 16.1. The summed E-state index contributed by atoms with van der Waals surface area (Å²) in [5.41, 5.74) is 3.20. The summed E-state index contributed by atoms with van der Waals surface area (Å²) >= 11 is 0. The maximum absolute atomic E-state index is 12.0. The van der Waals surface area contributed by atoms with Crippen LogP contribution in [0.1, 0.15) is 28.8 Å². The van der Waals surface area contributed by atoms with Crippen LogP contribution in [0.5, 0.6) is 0 Å². The van der Waals surface area contributed by atoms with Gasteiger partial charge in [-0.2, -0.15) is 0 Å². The molecule has 17 heavy (non-hydrogen) atoms. The van der Waals surface area contributed by atoms with Gasteiger partial charge in [0.05, 0.1) is 0 Å². The molecule has 3 rings (SSSR count). The summed E-state index contributed by atoms with van der Waals surface area (Å²) in [5, 5.41) is 6.36. The van der Waals surface area contributed by atoms with E-state index < -0.39 is 0 Å². The first-order valence-corrected chi connectivity index (χ1v) is 6.15. The van der Waals surface area contributed by atoms with Gasteiger partial charge in [-0.25, -0.2) is 0 Å². The van der Waals surface area contributed by atoms with Gasteiger partial charge >= 0.3 is 0 Å². The van der Waals surface area contributed by atoms with Crippen LogP contribution in [0.2, 0.25) is 0 Å². The lowest BCUT2D eigenvalue weighted by Crippen LogP contribution is -2.32. The summed E-state index contributed by atoms with van der Waals surface area (Å²) in [5.74, 6) is 0.0494. The van der Waals surface area contributed by atoms with Crippen molar-refractivity contribution in [2.75, 3.05) is 11.9 Å². The third kappa shape index (κ3) is 2.05. The Morgan fingerprint density at radius 1 is 1.29 bits per heavy atom. The van der Waals surface area contributed by atoms with Crippen LogP contribution in [0.3, 0.4) is 0 Å². The van der Waals surface area contributed by atoms with E-state index in [4.69, 9.17) is 0 Å². The molecule has 0 fully saturated rings. The lowest BCUT2D eigenvalue weighted by molar-refractivity contribution is 0.0939. The van der Waals surface area contributed by atoms with E-state index in [2.05, 4.69) is 22.8 Å². The molecule has 88 valence electrons. The van der Waals surface area contributed by atoms with E-state index in [0.29, 0.717) is 0 Å². The molecule has 3 heteroatoms. The Morgan fingerprint density at radius 2 is 2.12 bits per heavy atom. The molecule has 0 saturated heterocycles. The van der Waals surface area contributed by atoms with E-state index in [1.54, 1.807) is 0 Å². The van der Waals surface area contributed by atoms with Gasteiger partial charge in [-0.15, -0.1) is 0 Å². The molecular formula is C14H16N2O. The Kier molecular flexibility index (Phi) is 2.59. The second-order valence-electron chi connectivity index (χ2n) is 4.66. The van der Waals surface area contributed by atoms with Gasteiger partial charge in [0.2, 0.25) is 0 Å². The number of rotatable bonds is 2. The van der Waals surface area contributed by atoms with Gasteiger partial charge < -0.3 is 10.6 Å². The van der Waals surface area contributed by atoms with Crippen LogP contribution in [-0.2, 0) is 6.42 Å². The minimum absolute atomic E-state index is 0.0494. The van der Waals surface area contributed by atoms with Gasteiger partial charge in [0.25, 0.3) is 5.91 Å². The standard InChI is InChI=1S/C14H16N2O/c17-14(16-12-3-1-2-4-12)11-5-6-13-10(9-11)7-8-15-13/h1-2,5-6,9,12,15H,3-4,7-8H2,(H,16,17). The molecule has 0 spiro atoms.